The smallest absolute Gasteiger partial charge is 0.251 e. The summed E-state index contributed by atoms with van der Waals surface area (Å²) in [5, 5.41) is 2.98. The lowest BCUT2D eigenvalue weighted by Crippen LogP contribution is -2.41. The number of carbonyl (C=O) groups excluding carboxylic acids is 1. The minimum Gasteiger partial charge on any atom is -0.349 e. The van der Waals surface area contributed by atoms with Crippen molar-refractivity contribution in [1.82, 2.24) is 10.3 Å². The van der Waals surface area contributed by atoms with E-state index in [1.54, 1.807) is 0 Å². The summed E-state index contributed by atoms with van der Waals surface area (Å²) in [6, 6.07) is 2.92. The highest BCUT2D eigenvalue weighted by Crippen LogP contribution is 2.23. The first kappa shape index (κ1) is 12.0. The summed E-state index contributed by atoms with van der Waals surface area (Å²) in [6.07, 6.45) is 5.86. The van der Waals surface area contributed by atoms with Crippen LogP contribution in [0.25, 0.3) is 0 Å². The van der Waals surface area contributed by atoms with Crippen LogP contribution in [0.2, 0.25) is 0 Å². The van der Waals surface area contributed by atoms with Crippen LogP contribution in [0.15, 0.2) is 18.3 Å². The summed E-state index contributed by atoms with van der Waals surface area (Å²) in [6.45, 7) is 2.15. The maximum Gasteiger partial charge on any atom is 0.251 e. The number of hydrogen-bond acceptors (Lipinski definition) is 2. The second-order valence-electron chi connectivity index (χ2n) is 4.71. The Kier molecular flexibility index (Phi) is 3.71. The van der Waals surface area contributed by atoms with Gasteiger partial charge >= 0.3 is 0 Å². The van der Waals surface area contributed by atoms with Gasteiger partial charge in [-0.2, -0.15) is 4.39 Å². The minimum absolute atomic E-state index is 0.204. The third kappa shape index (κ3) is 3.02. The Morgan fingerprint density at radius 1 is 1.47 bits per heavy atom. The van der Waals surface area contributed by atoms with Crippen molar-refractivity contribution >= 4 is 5.91 Å². The van der Waals surface area contributed by atoms with E-state index in [1.807, 2.05) is 0 Å². The number of pyridine rings is 1. The summed E-state index contributed by atoms with van der Waals surface area (Å²) in [5.74, 6) is -0.321. The fourth-order valence-electron chi connectivity index (χ4n) is 2.33. The number of carbonyl (C=O) groups is 1. The Morgan fingerprint density at radius 3 is 2.94 bits per heavy atom. The normalized spacial score (nSPS) is 24.4. The van der Waals surface area contributed by atoms with Crippen molar-refractivity contribution in [2.45, 2.75) is 38.6 Å². The molecule has 1 aromatic heterocycles. The lowest BCUT2D eigenvalue weighted by atomic mass is 9.86. The van der Waals surface area contributed by atoms with Gasteiger partial charge in [-0.1, -0.05) is 19.8 Å². The molecular weight excluding hydrogens is 219 g/mol. The second-order valence-corrected chi connectivity index (χ2v) is 4.71. The van der Waals surface area contributed by atoms with Gasteiger partial charge in [0.15, 0.2) is 0 Å². The molecule has 1 heterocycles. The lowest BCUT2D eigenvalue weighted by molar-refractivity contribution is 0.0909. The van der Waals surface area contributed by atoms with Crippen LogP contribution in [0, 0.1) is 11.9 Å². The summed E-state index contributed by atoms with van der Waals surface area (Å²) in [5.41, 5.74) is 0.343. The van der Waals surface area contributed by atoms with Crippen molar-refractivity contribution in [3.63, 3.8) is 0 Å². The van der Waals surface area contributed by atoms with Gasteiger partial charge < -0.3 is 5.32 Å². The van der Waals surface area contributed by atoms with Gasteiger partial charge in [0.05, 0.1) is 0 Å². The predicted molar refractivity (Wildman–Crippen MR) is 63.1 cm³/mol. The largest absolute Gasteiger partial charge is 0.349 e. The van der Waals surface area contributed by atoms with Crippen LogP contribution in [0.5, 0.6) is 0 Å². The first-order chi connectivity index (χ1) is 8.16. The number of nitrogens with zero attached hydrogens (tertiary/aromatic N) is 1. The summed E-state index contributed by atoms with van der Waals surface area (Å²) < 4.78 is 12.9. The molecule has 0 spiro atoms. The molecule has 1 fully saturated rings. The van der Waals surface area contributed by atoms with Crippen molar-refractivity contribution in [1.29, 1.82) is 0 Å². The van der Waals surface area contributed by atoms with Crippen LogP contribution < -0.4 is 5.32 Å². The number of amides is 1. The van der Waals surface area contributed by atoms with Gasteiger partial charge in [-0.15, -0.1) is 0 Å². The van der Waals surface area contributed by atoms with E-state index in [0.29, 0.717) is 11.5 Å². The van der Waals surface area contributed by atoms with Crippen molar-refractivity contribution in [2.24, 2.45) is 5.92 Å². The summed E-state index contributed by atoms with van der Waals surface area (Å²) in [4.78, 5) is 15.3. The molecule has 0 saturated heterocycles. The van der Waals surface area contributed by atoms with Crippen LogP contribution in [-0.2, 0) is 0 Å². The van der Waals surface area contributed by atoms with E-state index < -0.39 is 5.95 Å². The SMILES string of the molecule is C[C@@H]1CCCC[C@H]1NC(=O)c1ccnc(F)c1. The summed E-state index contributed by atoms with van der Waals surface area (Å²) in [7, 11) is 0. The Bertz CT molecular complexity index is 408. The number of halogens is 1. The number of aromatic nitrogens is 1. The molecule has 0 bridgehead atoms. The van der Waals surface area contributed by atoms with E-state index in [1.165, 1.54) is 24.8 Å². The predicted octanol–water partition coefficient (Wildman–Crippen LogP) is 2.53. The van der Waals surface area contributed by atoms with Gasteiger partial charge in [0.1, 0.15) is 0 Å². The Morgan fingerprint density at radius 2 is 2.24 bits per heavy atom. The molecule has 4 heteroatoms. The molecule has 3 nitrogen and oxygen atoms in total. The highest BCUT2D eigenvalue weighted by molar-refractivity contribution is 5.94. The van der Waals surface area contributed by atoms with Crippen LogP contribution in [0.3, 0.4) is 0 Å². The fraction of sp³-hybridized carbons (Fsp3) is 0.538. The molecular formula is C13H17FN2O. The molecule has 0 aliphatic heterocycles. The zero-order chi connectivity index (χ0) is 12.3. The number of hydrogen-bond donors (Lipinski definition) is 1. The van der Waals surface area contributed by atoms with Gasteiger partial charge in [-0.05, 0) is 24.8 Å². The van der Waals surface area contributed by atoms with E-state index in [-0.39, 0.29) is 11.9 Å². The Balaban J connectivity index is 2.01. The van der Waals surface area contributed by atoms with E-state index in [0.717, 1.165) is 19.3 Å². The molecule has 2 rings (SSSR count). The molecule has 1 N–H and O–H groups in total. The van der Waals surface area contributed by atoms with Gasteiger partial charge in [-0.25, -0.2) is 4.98 Å². The van der Waals surface area contributed by atoms with E-state index >= 15 is 0 Å². The summed E-state index contributed by atoms with van der Waals surface area (Å²) >= 11 is 0. The topological polar surface area (TPSA) is 42.0 Å². The van der Waals surface area contributed by atoms with Crippen molar-refractivity contribution in [3.8, 4) is 0 Å². The monoisotopic (exact) mass is 236 g/mol. The molecule has 1 aliphatic carbocycles. The first-order valence-corrected chi connectivity index (χ1v) is 6.09. The third-order valence-corrected chi connectivity index (χ3v) is 3.42. The standard InChI is InChI=1S/C13H17FN2O/c1-9-4-2-3-5-11(9)16-13(17)10-6-7-15-12(14)8-10/h6-9,11H,2-5H2,1H3,(H,16,17)/t9-,11-/m1/s1. The van der Waals surface area contributed by atoms with Gasteiger partial charge in [0.25, 0.3) is 5.91 Å². The molecule has 1 amide bonds. The minimum atomic E-state index is -0.616. The Hall–Kier alpha value is -1.45. The molecule has 1 aromatic rings. The van der Waals surface area contributed by atoms with Crippen molar-refractivity contribution in [3.05, 3.63) is 29.8 Å². The van der Waals surface area contributed by atoms with E-state index in [4.69, 9.17) is 0 Å². The molecule has 0 unspecified atom stereocenters. The van der Waals surface area contributed by atoms with Gasteiger partial charge in [0.2, 0.25) is 5.95 Å². The third-order valence-electron chi connectivity index (χ3n) is 3.42. The molecule has 1 aliphatic rings. The van der Waals surface area contributed by atoms with Crippen molar-refractivity contribution < 1.29 is 9.18 Å². The Labute approximate surface area is 100 Å². The van der Waals surface area contributed by atoms with Crippen LogP contribution in [-0.4, -0.2) is 16.9 Å². The highest BCUT2D eigenvalue weighted by Gasteiger charge is 2.23. The van der Waals surface area contributed by atoms with Gasteiger partial charge in [0, 0.05) is 23.9 Å². The first-order valence-electron chi connectivity index (χ1n) is 6.09. The molecule has 1 saturated carbocycles. The van der Waals surface area contributed by atoms with Crippen molar-refractivity contribution in [2.75, 3.05) is 0 Å². The molecule has 92 valence electrons. The van der Waals surface area contributed by atoms with E-state index in [2.05, 4.69) is 17.2 Å². The maximum absolute atomic E-state index is 12.9. The quantitative estimate of drug-likeness (QED) is 0.802. The van der Waals surface area contributed by atoms with Crippen LogP contribution in [0.4, 0.5) is 4.39 Å². The number of nitrogens with one attached hydrogen (secondary N) is 1. The second kappa shape index (κ2) is 5.25. The fourth-order valence-corrected chi connectivity index (χ4v) is 2.33. The molecule has 17 heavy (non-hydrogen) atoms. The van der Waals surface area contributed by atoms with Crippen LogP contribution in [0.1, 0.15) is 43.0 Å². The van der Waals surface area contributed by atoms with E-state index in [9.17, 15) is 9.18 Å². The molecule has 0 aromatic carbocycles. The van der Waals surface area contributed by atoms with Crippen LogP contribution >= 0.6 is 0 Å². The lowest BCUT2D eigenvalue weighted by Gasteiger charge is -2.29. The maximum atomic E-state index is 12.9. The zero-order valence-electron chi connectivity index (χ0n) is 9.95. The zero-order valence-corrected chi connectivity index (χ0v) is 9.95. The molecule has 0 radical (unpaired) electrons. The average Bonchev–Trinajstić information content (AvgIpc) is 2.32. The van der Waals surface area contributed by atoms with Gasteiger partial charge in [-0.3, -0.25) is 4.79 Å². The highest BCUT2D eigenvalue weighted by atomic mass is 19.1. The molecule has 2 atom stereocenters. The number of rotatable bonds is 2. The average molecular weight is 236 g/mol.